The number of carbonyl (C=O) groups excluding carboxylic acids is 2. The zero-order valence-corrected chi connectivity index (χ0v) is 8.06. The van der Waals surface area contributed by atoms with Crippen molar-refractivity contribution in [3.8, 4) is 0 Å². The number of primary amides is 1. The molecule has 0 spiro atoms. The van der Waals surface area contributed by atoms with Crippen molar-refractivity contribution < 1.29 is 19.1 Å². The van der Waals surface area contributed by atoms with Crippen molar-refractivity contribution in [3.63, 3.8) is 0 Å². The number of nitrogens with zero attached hydrogens (tertiary/aromatic N) is 1. The Morgan fingerprint density at radius 2 is 2.36 bits per heavy atom. The van der Waals surface area contributed by atoms with Crippen LogP contribution in [0.3, 0.4) is 0 Å². The van der Waals surface area contributed by atoms with Gasteiger partial charge in [-0.15, -0.1) is 0 Å². The zero-order chi connectivity index (χ0) is 10.6. The van der Waals surface area contributed by atoms with Crippen LogP contribution in [-0.4, -0.2) is 56.2 Å². The van der Waals surface area contributed by atoms with Gasteiger partial charge in [0.05, 0.1) is 20.3 Å². The molecule has 2 N–H and O–H groups in total. The summed E-state index contributed by atoms with van der Waals surface area (Å²) in [4.78, 5) is 23.5. The smallest absolute Gasteiger partial charge is 0.336 e. The van der Waals surface area contributed by atoms with Crippen LogP contribution in [0.25, 0.3) is 0 Å². The Balaban J connectivity index is 2.43. The van der Waals surface area contributed by atoms with E-state index in [0.717, 1.165) is 0 Å². The Labute approximate surface area is 81.9 Å². The molecule has 0 aliphatic carbocycles. The molecule has 1 amide bonds. The first-order chi connectivity index (χ1) is 6.63. The summed E-state index contributed by atoms with van der Waals surface area (Å²) in [6.07, 6.45) is -0.604. The van der Waals surface area contributed by atoms with Gasteiger partial charge in [0.2, 0.25) is 5.91 Å². The minimum Gasteiger partial charge on any atom is -0.467 e. The molecule has 14 heavy (non-hydrogen) atoms. The van der Waals surface area contributed by atoms with Gasteiger partial charge in [0, 0.05) is 13.1 Å². The van der Waals surface area contributed by atoms with Gasteiger partial charge in [-0.25, -0.2) is 4.79 Å². The Morgan fingerprint density at radius 3 is 2.93 bits per heavy atom. The van der Waals surface area contributed by atoms with E-state index in [2.05, 4.69) is 4.74 Å². The van der Waals surface area contributed by atoms with Gasteiger partial charge < -0.3 is 15.2 Å². The van der Waals surface area contributed by atoms with E-state index in [-0.39, 0.29) is 6.54 Å². The van der Waals surface area contributed by atoms with Crippen molar-refractivity contribution in [2.45, 2.75) is 6.10 Å². The van der Waals surface area contributed by atoms with Crippen LogP contribution in [0.2, 0.25) is 0 Å². The highest BCUT2D eigenvalue weighted by Crippen LogP contribution is 2.05. The van der Waals surface area contributed by atoms with Gasteiger partial charge in [0.25, 0.3) is 0 Å². The molecule has 1 atom stereocenters. The lowest BCUT2D eigenvalue weighted by Gasteiger charge is -2.30. The predicted octanol–water partition coefficient (Wildman–Crippen LogP) is -1.65. The largest absolute Gasteiger partial charge is 0.467 e. The van der Waals surface area contributed by atoms with Crippen molar-refractivity contribution in [3.05, 3.63) is 0 Å². The van der Waals surface area contributed by atoms with Gasteiger partial charge in [-0.1, -0.05) is 0 Å². The fourth-order valence-electron chi connectivity index (χ4n) is 1.34. The van der Waals surface area contributed by atoms with E-state index in [1.807, 2.05) is 0 Å². The summed E-state index contributed by atoms with van der Waals surface area (Å²) >= 11 is 0. The number of amides is 1. The van der Waals surface area contributed by atoms with Crippen LogP contribution in [-0.2, 0) is 19.1 Å². The highest BCUT2D eigenvalue weighted by molar-refractivity contribution is 5.77. The van der Waals surface area contributed by atoms with Crippen molar-refractivity contribution in [2.24, 2.45) is 5.73 Å². The number of ether oxygens (including phenoxy) is 2. The molecule has 0 bridgehead atoms. The van der Waals surface area contributed by atoms with E-state index in [1.165, 1.54) is 7.11 Å². The fraction of sp³-hybridized carbons (Fsp3) is 0.750. The first-order valence-corrected chi connectivity index (χ1v) is 4.33. The number of methoxy groups -OCH3 is 1. The molecular weight excluding hydrogens is 188 g/mol. The fourth-order valence-corrected chi connectivity index (χ4v) is 1.34. The summed E-state index contributed by atoms with van der Waals surface area (Å²) in [7, 11) is 1.30. The summed E-state index contributed by atoms with van der Waals surface area (Å²) in [6.45, 7) is 1.52. The monoisotopic (exact) mass is 202 g/mol. The molecule has 1 aliphatic rings. The van der Waals surface area contributed by atoms with E-state index < -0.39 is 18.0 Å². The average molecular weight is 202 g/mol. The second-order valence-electron chi connectivity index (χ2n) is 3.08. The number of esters is 1. The normalized spacial score (nSPS) is 23.1. The predicted molar refractivity (Wildman–Crippen MR) is 47.4 cm³/mol. The number of hydrogen-bond donors (Lipinski definition) is 1. The van der Waals surface area contributed by atoms with Crippen molar-refractivity contribution >= 4 is 11.9 Å². The van der Waals surface area contributed by atoms with Gasteiger partial charge in [-0.2, -0.15) is 0 Å². The molecule has 1 unspecified atom stereocenters. The number of nitrogens with two attached hydrogens (primary N) is 1. The molecule has 0 aromatic carbocycles. The second-order valence-corrected chi connectivity index (χ2v) is 3.08. The van der Waals surface area contributed by atoms with E-state index in [1.54, 1.807) is 4.90 Å². The van der Waals surface area contributed by atoms with E-state index in [4.69, 9.17) is 10.5 Å². The van der Waals surface area contributed by atoms with Gasteiger partial charge >= 0.3 is 5.97 Å². The lowest BCUT2D eigenvalue weighted by Crippen LogP contribution is -2.48. The zero-order valence-electron chi connectivity index (χ0n) is 8.06. The van der Waals surface area contributed by atoms with Gasteiger partial charge in [0.15, 0.2) is 6.10 Å². The van der Waals surface area contributed by atoms with Gasteiger partial charge in [0.1, 0.15) is 0 Å². The molecule has 0 aromatic rings. The van der Waals surface area contributed by atoms with Crippen LogP contribution in [0.5, 0.6) is 0 Å². The first kappa shape index (κ1) is 10.9. The Morgan fingerprint density at radius 1 is 1.64 bits per heavy atom. The maximum absolute atomic E-state index is 11.1. The quantitative estimate of drug-likeness (QED) is 0.554. The molecule has 80 valence electrons. The Kier molecular flexibility index (Phi) is 3.84. The third-order valence-electron chi connectivity index (χ3n) is 1.99. The topological polar surface area (TPSA) is 81.9 Å². The van der Waals surface area contributed by atoms with E-state index in [0.29, 0.717) is 19.7 Å². The van der Waals surface area contributed by atoms with Crippen molar-refractivity contribution in [1.82, 2.24) is 4.90 Å². The summed E-state index contributed by atoms with van der Waals surface area (Å²) in [5, 5.41) is 0. The molecule has 1 fully saturated rings. The summed E-state index contributed by atoms with van der Waals surface area (Å²) in [5.41, 5.74) is 5.04. The number of hydrogen-bond acceptors (Lipinski definition) is 5. The SMILES string of the molecule is COC(=O)C1CN(CC(N)=O)CCO1. The molecule has 0 aromatic heterocycles. The number of carbonyl (C=O) groups is 2. The average Bonchev–Trinajstić information content (AvgIpc) is 2.16. The number of rotatable bonds is 3. The van der Waals surface area contributed by atoms with E-state index in [9.17, 15) is 9.59 Å². The highest BCUT2D eigenvalue weighted by Gasteiger charge is 2.27. The number of morpholine rings is 1. The van der Waals surface area contributed by atoms with Crippen molar-refractivity contribution in [2.75, 3.05) is 33.4 Å². The second kappa shape index (κ2) is 4.92. The maximum atomic E-state index is 11.1. The third-order valence-corrected chi connectivity index (χ3v) is 1.99. The molecule has 0 radical (unpaired) electrons. The highest BCUT2D eigenvalue weighted by atomic mass is 16.6. The summed E-state index contributed by atoms with van der Waals surface area (Å²) in [5.74, 6) is -0.824. The van der Waals surface area contributed by atoms with E-state index >= 15 is 0 Å². The third kappa shape index (κ3) is 2.97. The molecule has 1 aliphatic heterocycles. The van der Waals surface area contributed by atoms with Crippen molar-refractivity contribution in [1.29, 1.82) is 0 Å². The van der Waals surface area contributed by atoms with Gasteiger partial charge in [-0.05, 0) is 0 Å². The Hall–Kier alpha value is -1.14. The minimum absolute atomic E-state index is 0.150. The van der Waals surface area contributed by atoms with Gasteiger partial charge in [-0.3, -0.25) is 9.69 Å². The maximum Gasteiger partial charge on any atom is 0.336 e. The summed E-state index contributed by atoms with van der Waals surface area (Å²) < 4.78 is 9.71. The molecule has 6 nitrogen and oxygen atoms in total. The lowest BCUT2D eigenvalue weighted by molar-refractivity contribution is -0.160. The van der Waals surface area contributed by atoms with Crippen LogP contribution in [0.15, 0.2) is 0 Å². The standard InChI is InChI=1S/C8H14N2O4/c1-13-8(12)6-4-10(2-3-14-6)5-7(9)11/h6H,2-5H2,1H3,(H2,9,11). The molecular formula is C8H14N2O4. The van der Waals surface area contributed by atoms with Crippen LogP contribution >= 0.6 is 0 Å². The molecule has 6 heteroatoms. The van der Waals surface area contributed by atoms with Crippen LogP contribution in [0, 0.1) is 0 Å². The molecule has 0 saturated carbocycles. The van der Waals surface area contributed by atoms with Crippen LogP contribution in [0.4, 0.5) is 0 Å². The first-order valence-electron chi connectivity index (χ1n) is 4.33. The summed E-state index contributed by atoms with van der Waals surface area (Å²) in [6, 6.07) is 0. The molecule has 1 heterocycles. The lowest BCUT2D eigenvalue weighted by atomic mass is 10.2. The Bertz CT molecular complexity index is 231. The van der Waals surface area contributed by atoms with Crippen LogP contribution < -0.4 is 5.73 Å². The van der Waals surface area contributed by atoms with Crippen LogP contribution in [0.1, 0.15) is 0 Å². The molecule has 1 saturated heterocycles. The minimum atomic E-state index is -0.604. The molecule has 1 rings (SSSR count).